The van der Waals surface area contributed by atoms with Gasteiger partial charge in [-0.1, -0.05) is 53.2 Å². The molecule has 2 aromatic carbocycles. The number of nitrogens with zero attached hydrogens (tertiary/aromatic N) is 3. The van der Waals surface area contributed by atoms with Gasteiger partial charge in [0.15, 0.2) is 0 Å². The number of rotatable bonds is 8. The van der Waals surface area contributed by atoms with Crippen LogP contribution in [-0.2, 0) is 11.3 Å². The monoisotopic (exact) mass is 420 g/mol. The Kier molecular flexibility index (Phi) is 6.94. The van der Waals surface area contributed by atoms with Gasteiger partial charge in [-0.3, -0.25) is 9.69 Å². The molecule has 7 heteroatoms. The minimum Gasteiger partial charge on any atom is -0.492 e. The normalized spacial score (nSPS) is 15.0. The van der Waals surface area contributed by atoms with Crippen molar-refractivity contribution in [1.82, 2.24) is 20.4 Å². The molecule has 0 radical (unpaired) electrons. The first-order valence-corrected chi connectivity index (χ1v) is 10.7. The van der Waals surface area contributed by atoms with Gasteiger partial charge in [-0.25, -0.2) is 0 Å². The smallest absolute Gasteiger partial charge is 0.241 e. The van der Waals surface area contributed by atoms with Gasteiger partial charge in [-0.2, -0.15) is 4.98 Å². The van der Waals surface area contributed by atoms with Gasteiger partial charge >= 0.3 is 0 Å². The molecule has 31 heavy (non-hydrogen) atoms. The topological polar surface area (TPSA) is 80.5 Å². The second-order valence-corrected chi connectivity index (χ2v) is 7.88. The van der Waals surface area contributed by atoms with Crippen molar-refractivity contribution >= 4 is 5.91 Å². The van der Waals surface area contributed by atoms with Crippen LogP contribution < -0.4 is 10.1 Å². The van der Waals surface area contributed by atoms with Gasteiger partial charge in [0.25, 0.3) is 0 Å². The largest absolute Gasteiger partial charge is 0.492 e. The van der Waals surface area contributed by atoms with Crippen LogP contribution in [0.5, 0.6) is 5.75 Å². The zero-order chi connectivity index (χ0) is 21.5. The van der Waals surface area contributed by atoms with Crippen LogP contribution in [0.1, 0.15) is 24.3 Å². The molecule has 3 aromatic rings. The lowest BCUT2D eigenvalue weighted by molar-refractivity contribution is -0.126. The maximum absolute atomic E-state index is 12.5. The van der Waals surface area contributed by atoms with Crippen molar-refractivity contribution < 1.29 is 14.1 Å². The fourth-order valence-corrected chi connectivity index (χ4v) is 3.69. The third-order valence-electron chi connectivity index (χ3n) is 5.51. The number of piperidine rings is 1. The van der Waals surface area contributed by atoms with Gasteiger partial charge in [0.2, 0.25) is 17.6 Å². The molecule has 0 atom stereocenters. The molecular weight excluding hydrogens is 392 g/mol. The summed E-state index contributed by atoms with van der Waals surface area (Å²) in [5.74, 6) is 2.19. The minimum absolute atomic E-state index is 0.0400. The van der Waals surface area contributed by atoms with Crippen LogP contribution in [-0.4, -0.2) is 47.2 Å². The molecule has 1 saturated heterocycles. The van der Waals surface area contributed by atoms with Crippen molar-refractivity contribution in [2.45, 2.75) is 26.3 Å². The van der Waals surface area contributed by atoms with Crippen LogP contribution >= 0.6 is 0 Å². The number of nitrogens with one attached hydrogen (secondary N) is 1. The number of likely N-dealkylation sites (tertiary alicyclic amines) is 1. The first kappa shape index (κ1) is 21.1. The first-order chi connectivity index (χ1) is 15.2. The Bertz CT molecular complexity index is 964. The van der Waals surface area contributed by atoms with Gasteiger partial charge < -0.3 is 14.6 Å². The molecule has 162 valence electrons. The van der Waals surface area contributed by atoms with Crippen LogP contribution in [0.3, 0.4) is 0 Å². The molecule has 0 saturated carbocycles. The molecule has 7 nitrogen and oxygen atoms in total. The van der Waals surface area contributed by atoms with Crippen molar-refractivity contribution in [2.24, 2.45) is 5.92 Å². The Morgan fingerprint density at radius 1 is 1.13 bits per heavy atom. The van der Waals surface area contributed by atoms with E-state index in [-0.39, 0.29) is 11.8 Å². The summed E-state index contributed by atoms with van der Waals surface area (Å²) in [5, 5.41) is 7.07. The van der Waals surface area contributed by atoms with Crippen molar-refractivity contribution in [3.8, 4) is 17.1 Å². The first-order valence-electron chi connectivity index (χ1n) is 10.7. The molecular formula is C24H28N4O3. The summed E-state index contributed by atoms with van der Waals surface area (Å²) >= 11 is 0. The van der Waals surface area contributed by atoms with E-state index in [4.69, 9.17) is 9.26 Å². The van der Waals surface area contributed by atoms with Crippen LogP contribution in [0, 0.1) is 12.8 Å². The molecule has 1 aliphatic rings. The van der Waals surface area contributed by atoms with Gasteiger partial charge in [-0.05, 0) is 45.0 Å². The lowest BCUT2D eigenvalue weighted by Gasteiger charge is -2.30. The summed E-state index contributed by atoms with van der Waals surface area (Å²) in [5.41, 5.74) is 2.14. The molecule has 1 aliphatic heterocycles. The second-order valence-electron chi connectivity index (χ2n) is 7.88. The van der Waals surface area contributed by atoms with Crippen LogP contribution in [0.2, 0.25) is 0 Å². The van der Waals surface area contributed by atoms with Crippen molar-refractivity contribution in [3.05, 3.63) is 66.1 Å². The Morgan fingerprint density at radius 2 is 1.87 bits per heavy atom. The summed E-state index contributed by atoms with van der Waals surface area (Å²) in [6, 6.07) is 17.7. The summed E-state index contributed by atoms with van der Waals surface area (Å²) < 4.78 is 11.1. The predicted molar refractivity (Wildman–Crippen MR) is 117 cm³/mol. The molecule has 1 aromatic heterocycles. The maximum Gasteiger partial charge on any atom is 0.241 e. The fourth-order valence-electron chi connectivity index (χ4n) is 3.69. The number of benzene rings is 2. The van der Waals surface area contributed by atoms with E-state index in [1.165, 1.54) is 5.56 Å². The van der Waals surface area contributed by atoms with E-state index < -0.39 is 0 Å². The average Bonchev–Trinajstić information content (AvgIpc) is 3.27. The quantitative estimate of drug-likeness (QED) is 0.562. The van der Waals surface area contributed by atoms with Crippen LogP contribution in [0.15, 0.2) is 59.1 Å². The van der Waals surface area contributed by atoms with Crippen molar-refractivity contribution in [1.29, 1.82) is 0 Å². The molecule has 4 rings (SSSR count). The number of carbonyl (C=O) groups is 1. The molecule has 2 heterocycles. The lowest BCUT2D eigenvalue weighted by atomic mass is 9.96. The SMILES string of the molecule is Cc1ccc(OCCNC(=O)C2CCN(Cc3nc(-c4ccccc4)no3)CC2)cc1. The third kappa shape index (κ3) is 5.92. The Hall–Kier alpha value is -3.19. The minimum atomic E-state index is 0.0400. The lowest BCUT2D eigenvalue weighted by Crippen LogP contribution is -2.41. The zero-order valence-electron chi connectivity index (χ0n) is 17.8. The molecule has 0 spiro atoms. The third-order valence-corrected chi connectivity index (χ3v) is 5.51. The number of aryl methyl sites for hydroxylation is 1. The van der Waals surface area contributed by atoms with Gasteiger partial charge in [0, 0.05) is 11.5 Å². The number of aromatic nitrogens is 2. The molecule has 1 amide bonds. The number of hydrogen-bond acceptors (Lipinski definition) is 6. The molecule has 1 N–H and O–H groups in total. The second kappa shape index (κ2) is 10.2. The van der Waals surface area contributed by atoms with E-state index in [9.17, 15) is 4.79 Å². The van der Waals surface area contributed by atoms with E-state index in [0.717, 1.165) is 37.2 Å². The maximum atomic E-state index is 12.5. The Morgan fingerprint density at radius 3 is 2.61 bits per heavy atom. The fraction of sp³-hybridized carbons (Fsp3) is 0.375. The zero-order valence-corrected chi connectivity index (χ0v) is 17.8. The number of carbonyl (C=O) groups excluding carboxylic acids is 1. The highest BCUT2D eigenvalue weighted by molar-refractivity contribution is 5.78. The summed E-state index contributed by atoms with van der Waals surface area (Å²) in [6.45, 7) is 5.30. The molecule has 0 aliphatic carbocycles. The Labute approximate surface area is 182 Å². The van der Waals surface area contributed by atoms with E-state index in [0.29, 0.717) is 31.4 Å². The molecule has 1 fully saturated rings. The van der Waals surface area contributed by atoms with E-state index in [1.54, 1.807) is 0 Å². The number of amides is 1. The van der Waals surface area contributed by atoms with E-state index in [2.05, 4.69) is 20.4 Å². The highest BCUT2D eigenvalue weighted by Gasteiger charge is 2.25. The van der Waals surface area contributed by atoms with E-state index >= 15 is 0 Å². The van der Waals surface area contributed by atoms with E-state index in [1.807, 2.05) is 61.5 Å². The average molecular weight is 421 g/mol. The summed E-state index contributed by atoms with van der Waals surface area (Å²) in [4.78, 5) is 19.2. The summed E-state index contributed by atoms with van der Waals surface area (Å²) in [6.07, 6.45) is 1.65. The highest BCUT2D eigenvalue weighted by atomic mass is 16.5. The van der Waals surface area contributed by atoms with Gasteiger partial charge in [0.1, 0.15) is 12.4 Å². The molecule has 0 bridgehead atoms. The van der Waals surface area contributed by atoms with Crippen molar-refractivity contribution in [2.75, 3.05) is 26.2 Å². The Balaban J connectivity index is 1.16. The highest BCUT2D eigenvalue weighted by Crippen LogP contribution is 2.20. The standard InChI is InChI=1S/C24H28N4O3/c1-18-7-9-21(10-8-18)30-16-13-25-24(29)20-11-14-28(15-12-20)17-22-26-23(27-31-22)19-5-3-2-4-6-19/h2-10,20H,11-17H2,1H3,(H,25,29). The van der Waals surface area contributed by atoms with Crippen LogP contribution in [0.25, 0.3) is 11.4 Å². The van der Waals surface area contributed by atoms with Gasteiger partial charge in [-0.15, -0.1) is 0 Å². The predicted octanol–water partition coefficient (Wildman–Crippen LogP) is 3.45. The van der Waals surface area contributed by atoms with Crippen molar-refractivity contribution in [3.63, 3.8) is 0 Å². The van der Waals surface area contributed by atoms with Gasteiger partial charge in [0.05, 0.1) is 13.1 Å². The summed E-state index contributed by atoms with van der Waals surface area (Å²) in [7, 11) is 0. The number of hydrogen-bond donors (Lipinski definition) is 1. The molecule has 0 unspecified atom stereocenters. The van der Waals surface area contributed by atoms with Crippen LogP contribution in [0.4, 0.5) is 0 Å². The number of ether oxygens (including phenoxy) is 1.